The second-order valence-corrected chi connectivity index (χ2v) is 7.58. The number of rotatable bonds is 5. The fraction of sp³-hybridized carbons (Fsp3) is 0.300. The highest BCUT2D eigenvalue weighted by atomic mass is 35.5. The molecule has 10 heteroatoms. The van der Waals surface area contributed by atoms with E-state index in [4.69, 9.17) is 23.2 Å². The summed E-state index contributed by atoms with van der Waals surface area (Å²) in [6.45, 7) is 4.44. The van der Waals surface area contributed by atoms with Gasteiger partial charge in [0, 0.05) is 50.4 Å². The fourth-order valence-corrected chi connectivity index (χ4v) is 3.76. The number of anilines is 2. The van der Waals surface area contributed by atoms with Gasteiger partial charge in [0.25, 0.3) is 11.6 Å². The standard InChI is InChI=1S/C20H20Cl2N4O4/c1-2-19(27)25-9-7-24(8-10-25)18-6-3-13(11-17(18)22)23-20(28)15-12-14(26(29)30)4-5-16(15)21/h3-6,11-12H,2,7-10H2,1H3,(H,23,28). The summed E-state index contributed by atoms with van der Waals surface area (Å²) in [5.41, 5.74) is 1.03. The third kappa shape index (κ3) is 4.83. The molecule has 30 heavy (non-hydrogen) atoms. The second-order valence-electron chi connectivity index (χ2n) is 6.76. The third-order valence-corrected chi connectivity index (χ3v) is 5.52. The Labute approximate surface area is 183 Å². The molecule has 0 spiro atoms. The van der Waals surface area contributed by atoms with E-state index in [1.54, 1.807) is 18.2 Å². The predicted octanol–water partition coefficient (Wildman–Crippen LogP) is 4.21. The topological polar surface area (TPSA) is 95.8 Å². The van der Waals surface area contributed by atoms with Crippen LogP contribution in [0.4, 0.5) is 17.1 Å². The molecule has 8 nitrogen and oxygen atoms in total. The molecule has 0 radical (unpaired) electrons. The van der Waals surface area contributed by atoms with Crippen molar-refractivity contribution in [3.63, 3.8) is 0 Å². The summed E-state index contributed by atoms with van der Waals surface area (Å²) in [5.74, 6) is -0.433. The first-order chi connectivity index (χ1) is 14.3. The quantitative estimate of drug-likeness (QED) is 0.543. The first-order valence-corrected chi connectivity index (χ1v) is 10.1. The Morgan fingerprint density at radius 2 is 1.77 bits per heavy atom. The monoisotopic (exact) mass is 450 g/mol. The lowest BCUT2D eigenvalue weighted by atomic mass is 10.1. The van der Waals surface area contributed by atoms with E-state index in [0.717, 1.165) is 11.8 Å². The lowest BCUT2D eigenvalue weighted by Gasteiger charge is -2.36. The number of nitro benzene ring substituents is 1. The minimum absolute atomic E-state index is 0.00257. The number of nitro groups is 1. The van der Waals surface area contributed by atoms with E-state index in [1.165, 1.54) is 12.1 Å². The van der Waals surface area contributed by atoms with Crippen molar-refractivity contribution in [2.45, 2.75) is 13.3 Å². The highest BCUT2D eigenvalue weighted by Gasteiger charge is 2.22. The molecule has 2 aromatic carbocycles. The summed E-state index contributed by atoms with van der Waals surface area (Å²) in [4.78, 5) is 38.6. The van der Waals surface area contributed by atoms with Gasteiger partial charge in [-0.05, 0) is 24.3 Å². The SMILES string of the molecule is CCC(=O)N1CCN(c2ccc(NC(=O)c3cc([N+](=O)[O-])ccc3Cl)cc2Cl)CC1. The van der Waals surface area contributed by atoms with Gasteiger partial charge < -0.3 is 15.1 Å². The molecule has 2 amide bonds. The minimum atomic E-state index is -0.591. The number of carbonyl (C=O) groups is 2. The van der Waals surface area contributed by atoms with E-state index in [-0.39, 0.29) is 22.2 Å². The zero-order valence-corrected chi connectivity index (χ0v) is 17.7. The molecule has 3 rings (SSSR count). The van der Waals surface area contributed by atoms with E-state index in [0.29, 0.717) is 43.3 Å². The number of hydrogen-bond donors (Lipinski definition) is 1. The van der Waals surface area contributed by atoms with E-state index in [2.05, 4.69) is 10.2 Å². The first-order valence-electron chi connectivity index (χ1n) is 9.37. The summed E-state index contributed by atoms with van der Waals surface area (Å²) in [6, 6.07) is 8.79. The van der Waals surface area contributed by atoms with Gasteiger partial charge in [0.05, 0.1) is 26.2 Å². The number of hydrogen-bond acceptors (Lipinski definition) is 5. The van der Waals surface area contributed by atoms with Gasteiger partial charge in [-0.25, -0.2) is 0 Å². The smallest absolute Gasteiger partial charge is 0.270 e. The molecular formula is C20H20Cl2N4O4. The Balaban J connectivity index is 1.70. The van der Waals surface area contributed by atoms with Crippen LogP contribution in [0.2, 0.25) is 10.0 Å². The lowest BCUT2D eigenvalue weighted by Crippen LogP contribution is -2.48. The fourth-order valence-electron chi connectivity index (χ4n) is 3.26. The lowest BCUT2D eigenvalue weighted by molar-refractivity contribution is -0.384. The molecule has 0 aromatic heterocycles. The Hall–Kier alpha value is -2.84. The molecule has 158 valence electrons. The maximum atomic E-state index is 12.5. The zero-order valence-electron chi connectivity index (χ0n) is 16.2. The summed E-state index contributed by atoms with van der Waals surface area (Å²) >= 11 is 12.4. The van der Waals surface area contributed by atoms with Crippen LogP contribution in [-0.4, -0.2) is 47.8 Å². The van der Waals surface area contributed by atoms with Crippen molar-refractivity contribution < 1.29 is 14.5 Å². The molecule has 1 aliphatic rings. The summed E-state index contributed by atoms with van der Waals surface area (Å²) in [7, 11) is 0. The molecule has 1 saturated heterocycles. The Morgan fingerprint density at radius 1 is 1.07 bits per heavy atom. The van der Waals surface area contributed by atoms with Gasteiger partial charge in [-0.1, -0.05) is 30.1 Å². The maximum absolute atomic E-state index is 12.5. The second kappa shape index (κ2) is 9.32. The number of benzene rings is 2. The molecular weight excluding hydrogens is 431 g/mol. The number of nitrogens with one attached hydrogen (secondary N) is 1. The molecule has 1 N–H and O–H groups in total. The van der Waals surface area contributed by atoms with Gasteiger partial charge >= 0.3 is 0 Å². The zero-order chi connectivity index (χ0) is 21.8. The molecule has 1 fully saturated rings. The van der Waals surface area contributed by atoms with E-state index in [1.807, 2.05) is 11.8 Å². The van der Waals surface area contributed by atoms with Gasteiger partial charge in [0.1, 0.15) is 0 Å². The van der Waals surface area contributed by atoms with Crippen LogP contribution in [0.15, 0.2) is 36.4 Å². The van der Waals surface area contributed by atoms with Crippen LogP contribution in [0, 0.1) is 10.1 Å². The van der Waals surface area contributed by atoms with Crippen LogP contribution in [-0.2, 0) is 4.79 Å². The number of amides is 2. The first kappa shape index (κ1) is 21.9. The van der Waals surface area contributed by atoms with Crippen molar-refractivity contribution in [3.05, 3.63) is 62.1 Å². The van der Waals surface area contributed by atoms with Crippen molar-refractivity contribution in [1.82, 2.24) is 4.90 Å². The van der Waals surface area contributed by atoms with Crippen molar-refractivity contribution in [2.75, 3.05) is 36.4 Å². The van der Waals surface area contributed by atoms with Gasteiger partial charge in [0.15, 0.2) is 0 Å². The molecule has 0 atom stereocenters. The summed E-state index contributed by atoms with van der Waals surface area (Å²) < 4.78 is 0. The number of carbonyl (C=O) groups excluding carboxylic acids is 2. The summed E-state index contributed by atoms with van der Waals surface area (Å²) in [6.07, 6.45) is 0.490. The van der Waals surface area contributed by atoms with Gasteiger partial charge in [0.2, 0.25) is 5.91 Å². The normalized spacial score (nSPS) is 13.8. The molecule has 1 heterocycles. The van der Waals surface area contributed by atoms with Crippen molar-refractivity contribution in [3.8, 4) is 0 Å². The molecule has 2 aromatic rings. The average molecular weight is 451 g/mol. The molecule has 1 aliphatic heterocycles. The Morgan fingerprint density at radius 3 is 2.37 bits per heavy atom. The van der Waals surface area contributed by atoms with Gasteiger partial charge in [-0.2, -0.15) is 0 Å². The maximum Gasteiger partial charge on any atom is 0.270 e. The van der Waals surface area contributed by atoms with Crippen molar-refractivity contribution in [1.29, 1.82) is 0 Å². The van der Waals surface area contributed by atoms with E-state index in [9.17, 15) is 19.7 Å². The number of piperazine rings is 1. The number of halogens is 2. The van der Waals surface area contributed by atoms with E-state index >= 15 is 0 Å². The average Bonchev–Trinajstić information content (AvgIpc) is 2.73. The van der Waals surface area contributed by atoms with Crippen molar-refractivity contribution in [2.24, 2.45) is 0 Å². The minimum Gasteiger partial charge on any atom is -0.367 e. The molecule has 0 saturated carbocycles. The predicted molar refractivity (Wildman–Crippen MR) is 117 cm³/mol. The van der Waals surface area contributed by atoms with Crippen LogP contribution in [0.5, 0.6) is 0 Å². The number of non-ortho nitro benzene ring substituents is 1. The Kier molecular flexibility index (Phi) is 6.79. The molecule has 0 bridgehead atoms. The summed E-state index contributed by atoms with van der Waals surface area (Å²) in [5, 5.41) is 14.2. The van der Waals surface area contributed by atoms with Crippen LogP contribution in [0.3, 0.4) is 0 Å². The van der Waals surface area contributed by atoms with Crippen LogP contribution >= 0.6 is 23.2 Å². The van der Waals surface area contributed by atoms with Crippen LogP contribution in [0.1, 0.15) is 23.7 Å². The van der Waals surface area contributed by atoms with Crippen LogP contribution < -0.4 is 10.2 Å². The van der Waals surface area contributed by atoms with Gasteiger partial charge in [-0.3, -0.25) is 19.7 Å². The highest BCUT2D eigenvalue weighted by Crippen LogP contribution is 2.30. The molecule has 0 unspecified atom stereocenters. The number of nitrogens with zero attached hydrogens (tertiary/aromatic N) is 3. The molecule has 0 aliphatic carbocycles. The third-order valence-electron chi connectivity index (χ3n) is 4.89. The highest BCUT2D eigenvalue weighted by molar-refractivity contribution is 6.35. The van der Waals surface area contributed by atoms with Gasteiger partial charge in [-0.15, -0.1) is 0 Å². The van der Waals surface area contributed by atoms with Crippen molar-refractivity contribution >= 4 is 52.1 Å². The Bertz CT molecular complexity index is 991. The largest absolute Gasteiger partial charge is 0.367 e. The van der Waals surface area contributed by atoms with Crippen LogP contribution in [0.25, 0.3) is 0 Å². The van der Waals surface area contributed by atoms with E-state index < -0.39 is 10.8 Å².